The molecule has 1 fully saturated rings. The summed E-state index contributed by atoms with van der Waals surface area (Å²) in [6.07, 6.45) is 0.458. The number of carbonyl (C=O) groups is 4. The molecule has 0 heterocycles. The van der Waals surface area contributed by atoms with Gasteiger partial charge in [0.25, 0.3) is 5.91 Å². The standard InChI is InChI=1S/C27H33N3O9/c1-29(2)15-10-11(6-5-7-16(31)32)21(33)18-13(15)8-12-9-14-20(30(3)4)23(35)19(26(28)38)25(37)27(14,39)24(36)17(12)22(18)34/h10,12,14,20,33-34,37,39H,5-9H2,1-4H3,(H2,28,38)(H,31,32)/t12-,14-,20-,27-/m0/s1. The Morgan fingerprint density at radius 2 is 1.77 bits per heavy atom. The van der Waals surface area contributed by atoms with E-state index in [0.717, 1.165) is 0 Å². The Bertz CT molecular complexity index is 1360. The highest BCUT2D eigenvalue weighted by atomic mass is 16.4. The number of aromatic hydroxyl groups is 1. The Balaban J connectivity index is 1.94. The van der Waals surface area contributed by atoms with Crippen LogP contribution in [0.1, 0.15) is 36.0 Å². The van der Waals surface area contributed by atoms with Crippen LogP contribution >= 0.6 is 0 Å². The van der Waals surface area contributed by atoms with Crippen molar-refractivity contribution in [3.05, 3.63) is 39.7 Å². The fourth-order valence-electron chi connectivity index (χ4n) is 6.37. The number of benzene rings is 1. The number of nitrogens with two attached hydrogens (primary N) is 1. The topological polar surface area (TPSA) is 202 Å². The number of carbonyl (C=O) groups excluding carboxylic acids is 3. The second kappa shape index (κ2) is 9.69. The number of aliphatic hydroxyl groups excluding tert-OH is 2. The van der Waals surface area contributed by atoms with Crippen LogP contribution in [-0.4, -0.2) is 93.7 Å². The number of rotatable bonds is 7. The molecule has 1 amide bonds. The van der Waals surface area contributed by atoms with Gasteiger partial charge in [0.1, 0.15) is 22.8 Å². The number of nitrogens with zero attached hydrogens (tertiary/aromatic N) is 2. The Hall–Kier alpha value is -3.90. The largest absolute Gasteiger partial charge is 0.508 e. The molecule has 0 saturated heterocycles. The number of hydrogen-bond donors (Lipinski definition) is 6. The number of amides is 1. The van der Waals surface area contributed by atoms with Gasteiger partial charge in [-0.3, -0.25) is 24.1 Å². The number of phenols is 1. The van der Waals surface area contributed by atoms with Crippen molar-refractivity contribution in [2.45, 2.75) is 43.7 Å². The average Bonchev–Trinajstić information content (AvgIpc) is 2.81. The van der Waals surface area contributed by atoms with Crippen molar-refractivity contribution in [1.29, 1.82) is 0 Å². The van der Waals surface area contributed by atoms with Gasteiger partial charge in [-0.15, -0.1) is 0 Å². The molecule has 12 nitrogen and oxygen atoms in total. The van der Waals surface area contributed by atoms with Crippen molar-refractivity contribution >= 4 is 34.9 Å². The fourth-order valence-corrected chi connectivity index (χ4v) is 6.37. The maximum Gasteiger partial charge on any atom is 0.303 e. The summed E-state index contributed by atoms with van der Waals surface area (Å²) in [5, 5.41) is 54.2. The van der Waals surface area contributed by atoms with Crippen molar-refractivity contribution in [3.63, 3.8) is 0 Å². The van der Waals surface area contributed by atoms with Gasteiger partial charge < -0.3 is 36.2 Å². The molecule has 4 rings (SSSR count). The summed E-state index contributed by atoms with van der Waals surface area (Å²) < 4.78 is 0. The number of primary amides is 1. The zero-order valence-corrected chi connectivity index (χ0v) is 22.2. The lowest BCUT2D eigenvalue weighted by molar-refractivity contribution is -0.153. The van der Waals surface area contributed by atoms with Crippen LogP contribution in [0.5, 0.6) is 5.75 Å². The minimum absolute atomic E-state index is 0.000243. The highest BCUT2D eigenvalue weighted by molar-refractivity contribution is 6.24. The molecule has 39 heavy (non-hydrogen) atoms. The van der Waals surface area contributed by atoms with Gasteiger partial charge in [0, 0.05) is 37.7 Å². The van der Waals surface area contributed by atoms with Gasteiger partial charge in [-0.25, -0.2) is 0 Å². The first kappa shape index (κ1) is 28.1. The first-order valence-electron chi connectivity index (χ1n) is 12.6. The number of phenolic OH excluding ortho intramolecular Hbond substituents is 1. The molecular weight excluding hydrogens is 510 g/mol. The van der Waals surface area contributed by atoms with Crippen LogP contribution in [0.3, 0.4) is 0 Å². The quantitative estimate of drug-likeness (QED) is 0.260. The van der Waals surface area contributed by atoms with Crippen molar-refractivity contribution in [2.24, 2.45) is 17.6 Å². The first-order valence-corrected chi connectivity index (χ1v) is 12.6. The Kier molecular flexibility index (Phi) is 6.98. The van der Waals surface area contributed by atoms with Gasteiger partial charge in [-0.1, -0.05) is 0 Å². The van der Waals surface area contributed by atoms with E-state index in [1.807, 2.05) is 0 Å². The maximum atomic E-state index is 14.0. The number of anilines is 1. The van der Waals surface area contributed by atoms with Gasteiger partial charge in [-0.2, -0.15) is 0 Å². The van der Waals surface area contributed by atoms with E-state index in [9.17, 15) is 39.6 Å². The smallest absolute Gasteiger partial charge is 0.303 e. The van der Waals surface area contributed by atoms with Gasteiger partial charge in [0.2, 0.25) is 5.78 Å². The van der Waals surface area contributed by atoms with E-state index >= 15 is 0 Å². The molecule has 0 unspecified atom stereocenters. The third-order valence-electron chi connectivity index (χ3n) is 8.09. The highest BCUT2D eigenvalue weighted by Gasteiger charge is 2.64. The second-order valence-corrected chi connectivity index (χ2v) is 10.9. The zero-order chi connectivity index (χ0) is 29.1. The number of carboxylic acids is 1. The average molecular weight is 544 g/mol. The monoisotopic (exact) mass is 543 g/mol. The van der Waals surface area contributed by atoms with Crippen LogP contribution in [0, 0.1) is 11.8 Å². The molecule has 210 valence electrons. The van der Waals surface area contributed by atoms with E-state index in [2.05, 4.69) is 0 Å². The number of carboxylic acid groups (broad SMARTS) is 1. The molecule has 3 aliphatic rings. The lowest BCUT2D eigenvalue weighted by Crippen LogP contribution is -2.65. The van der Waals surface area contributed by atoms with Crippen molar-refractivity contribution in [1.82, 2.24) is 4.90 Å². The predicted octanol–water partition coefficient (Wildman–Crippen LogP) is 0.437. The normalized spacial score (nSPS) is 26.4. The summed E-state index contributed by atoms with van der Waals surface area (Å²) in [6.45, 7) is 0. The molecule has 1 aromatic carbocycles. The van der Waals surface area contributed by atoms with Crippen LogP contribution < -0.4 is 10.6 Å². The summed E-state index contributed by atoms with van der Waals surface area (Å²) in [5.74, 6) is -8.03. The van der Waals surface area contributed by atoms with Crippen molar-refractivity contribution in [3.8, 4) is 5.75 Å². The number of likely N-dealkylation sites (N-methyl/N-ethyl adjacent to an activating group) is 1. The molecule has 1 saturated carbocycles. The van der Waals surface area contributed by atoms with Crippen LogP contribution in [0.25, 0.3) is 5.76 Å². The van der Waals surface area contributed by atoms with Crippen molar-refractivity contribution < 1.29 is 44.7 Å². The number of Topliss-reactive ketones (excluding diaryl/α,β-unsaturated/α-hetero) is 2. The van der Waals surface area contributed by atoms with Crippen LogP contribution in [0.15, 0.2) is 23.0 Å². The minimum Gasteiger partial charge on any atom is -0.508 e. The van der Waals surface area contributed by atoms with Crippen LogP contribution in [-0.2, 0) is 32.0 Å². The molecule has 0 bridgehead atoms. The molecule has 12 heteroatoms. The maximum absolute atomic E-state index is 14.0. The third-order valence-corrected chi connectivity index (χ3v) is 8.09. The van der Waals surface area contributed by atoms with Crippen LogP contribution in [0.4, 0.5) is 5.69 Å². The molecular formula is C27H33N3O9. The van der Waals surface area contributed by atoms with Gasteiger partial charge in [0.15, 0.2) is 11.4 Å². The van der Waals surface area contributed by atoms with Crippen molar-refractivity contribution in [2.75, 3.05) is 33.1 Å². The molecule has 1 aromatic rings. The second-order valence-electron chi connectivity index (χ2n) is 10.9. The van der Waals surface area contributed by atoms with E-state index in [1.54, 1.807) is 39.2 Å². The number of aliphatic hydroxyl groups is 3. The molecule has 3 aliphatic carbocycles. The van der Waals surface area contributed by atoms with Crippen LogP contribution in [0.2, 0.25) is 0 Å². The van der Waals surface area contributed by atoms with E-state index in [1.165, 1.54) is 4.90 Å². The molecule has 0 aromatic heterocycles. The molecule has 7 N–H and O–H groups in total. The lowest BCUT2D eigenvalue weighted by Gasteiger charge is -2.50. The Morgan fingerprint density at radius 1 is 1.13 bits per heavy atom. The molecule has 0 aliphatic heterocycles. The first-order chi connectivity index (χ1) is 18.1. The zero-order valence-electron chi connectivity index (χ0n) is 22.2. The summed E-state index contributed by atoms with van der Waals surface area (Å²) in [5.41, 5.74) is 3.10. The van der Waals surface area contributed by atoms with E-state index in [4.69, 9.17) is 10.8 Å². The summed E-state index contributed by atoms with van der Waals surface area (Å²) in [4.78, 5) is 53.4. The third kappa shape index (κ3) is 4.14. The number of aliphatic carboxylic acids is 1. The molecule has 4 atom stereocenters. The highest BCUT2D eigenvalue weighted by Crippen LogP contribution is 2.54. The SMILES string of the molecule is CN(C)c1cc(CCCC(=O)O)c(O)c2c1C[C@H]1C[C@H]3[C@H](N(C)C)C(=O)C(C(N)=O)=C(O)[C@@]3(O)C(=O)C1=C2O. The number of aryl methyl sites for hydroxylation is 1. The number of ketones is 2. The molecule has 0 radical (unpaired) electrons. The predicted molar refractivity (Wildman–Crippen MR) is 139 cm³/mol. The minimum atomic E-state index is -2.70. The summed E-state index contributed by atoms with van der Waals surface area (Å²) >= 11 is 0. The summed E-state index contributed by atoms with van der Waals surface area (Å²) in [7, 11) is 6.62. The van der Waals surface area contributed by atoms with Gasteiger partial charge in [0.05, 0.1) is 11.6 Å². The number of hydrogen-bond acceptors (Lipinski definition) is 10. The van der Waals surface area contributed by atoms with Gasteiger partial charge >= 0.3 is 5.97 Å². The Morgan fingerprint density at radius 3 is 2.31 bits per heavy atom. The fraction of sp³-hybridized carbons (Fsp3) is 0.481. The van der Waals surface area contributed by atoms with E-state index in [-0.39, 0.29) is 49.0 Å². The molecule has 0 spiro atoms. The van der Waals surface area contributed by atoms with E-state index in [0.29, 0.717) is 16.8 Å². The lowest BCUT2D eigenvalue weighted by atomic mass is 9.57. The Labute approximate surface area is 224 Å². The van der Waals surface area contributed by atoms with E-state index < -0.39 is 64.0 Å². The number of fused-ring (bicyclic) bond motifs is 3. The van der Waals surface area contributed by atoms with Gasteiger partial charge in [-0.05, 0) is 62.9 Å². The summed E-state index contributed by atoms with van der Waals surface area (Å²) in [6, 6.07) is 0.566.